The molecule has 0 atom stereocenters. The standard InChI is InChI=1S/C3H7N.2H3O3PS/c1-2-3-4;2*1-4(2,3)5/h2H,1,3-4H2;2*(H3,1,2,3,5). The third-order valence-corrected chi connectivity index (χ3v) is 0.167. The summed E-state index contributed by atoms with van der Waals surface area (Å²) in [5.74, 6) is 0. The molecule has 0 spiro atoms. The van der Waals surface area contributed by atoms with Crippen molar-refractivity contribution in [3.63, 3.8) is 0 Å². The summed E-state index contributed by atoms with van der Waals surface area (Å²) in [5.41, 5.74) is 4.91. The van der Waals surface area contributed by atoms with Crippen molar-refractivity contribution in [1.82, 2.24) is 0 Å². The lowest BCUT2D eigenvalue weighted by atomic mass is 10.7. The van der Waals surface area contributed by atoms with Gasteiger partial charge in [0, 0.05) is 6.54 Å². The molecule has 0 aliphatic carbocycles. The van der Waals surface area contributed by atoms with E-state index in [1.54, 1.807) is 6.08 Å². The first-order valence-electron chi connectivity index (χ1n) is 2.79. The molecule has 0 saturated heterocycles. The summed E-state index contributed by atoms with van der Waals surface area (Å²) < 4.78 is 0. The van der Waals surface area contributed by atoms with Gasteiger partial charge in [0.2, 0.25) is 0 Å². The molecule has 0 aromatic carbocycles. The lowest BCUT2D eigenvalue weighted by molar-refractivity contribution is 0.361. The van der Waals surface area contributed by atoms with Crippen molar-refractivity contribution in [3.05, 3.63) is 12.7 Å². The highest BCUT2D eigenvalue weighted by Crippen LogP contribution is 2.26. The maximum Gasteiger partial charge on any atom is 0.319 e. The van der Waals surface area contributed by atoms with E-state index < -0.39 is 13.4 Å². The molecule has 0 heterocycles. The monoisotopic (exact) mass is 285 g/mol. The van der Waals surface area contributed by atoms with Crippen molar-refractivity contribution in [3.8, 4) is 0 Å². The highest BCUT2D eigenvalue weighted by atomic mass is 32.5. The van der Waals surface area contributed by atoms with E-state index in [0.717, 1.165) is 0 Å². The van der Waals surface area contributed by atoms with Gasteiger partial charge >= 0.3 is 13.4 Å². The van der Waals surface area contributed by atoms with Gasteiger partial charge in [-0.3, -0.25) is 0 Å². The normalized spacial score (nSPS) is 10.2. The van der Waals surface area contributed by atoms with E-state index >= 15 is 0 Å². The van der Waals surface area contributed by atoms with E-state index in [1.807, 2.05) is 0 Å². The maximum absolute atomic E-state index is 7.56. The molecule has 14 heavy (non-hydrogen) atoms. The molecule has 88 valence electrons. The van der Waals surface area contributed by atoms with Gasteiger partial charge in [-0.1, -0.05) is 6.08 Å². The fourth-order valence-electron chi connectivity index (χ4n) is 0. The van der Waals surface area contributed by atoms with Crippen molar-refractivity contribution in [2.45, 2.75) is 0 Å². The molecular formula is C3H13NO6P2S2. The molecule has 0 rings (SSSR count). The minimum absolute atomic E-state index is 0.583. The molecule has 7 nitrogen and oxygen atoms in total. The van der Waals surface area contributed by atoms with Gasteiger partial charge in [-0.05, 0) is 23.6 Å². The van der Waals surface area contributed by atoms with E-state index in [9.17, 15) is 0 Å². The topological polar surface area (TPSA) is 147 Å². The summed E-state index contributed by atoms with van der Waals surface area (Å²) in [4.78, 5) is 45.3. The van der Waals surface area contributed by atoms with Crippen LogP contribution in [0.25, 0.3) is 0 Å². The zero-order chi connectivity index (χ0) is 12.4. The van der Waals surface area contributed by atoms with Crippen LogP contribution >= 0.6 is 13.4 Å². The van der Waals surface area contributed by atoms with Crippen LogP contribution in [-0.2, 0) is 23.6 Å². The van der Waals surface area contributed by atoms with Gasteiger partial charge < -0.3 is 35.1 Å². The molecule has 11 heteroatoms. The van der Waals surface area contributed by atoms with Gasteiger partial charge in [0.15, 0.2) is 0 Å². The average molecular weight is 285 g/mol. The number of hydrogen-bond acceptors (Lipinski definition) is 3. The van der Waals surface area contributed by atoms with Crippen LogP contribution in [0.4, 0.5) is 0 Å². The zero-order valence-electron chi connectivity index (χ0n) is 6.96. The van der Waals surface area contributed by atoms with E-state index in [0.29, 0.717) is 6.54 Å². The number of rotatable bonds is 1. The maximum atomic E-state index is 7.56. The lowest BCUT2D eigenvalue weighted by Crippen LogP contribution is -1.90. The van der Waals surface area contributed by atoms with E-state index in [2.05, 4.69) is 30.2 Å². The van der Waals surface area contributed by atoms with Gasteiger partial charge in [0.05, 0.1) is 0 Å². The molecule has 0 aromatic heterocycles. The largest absolute Gasteiger partial charge is 0.327 e. The van der Waals surface area contributed by atoms with Gasteiger partial charge in [-0.2, -0.15) is 0 Å². The summed E-state index contributed by atoms with van der Waals surface area (Å²) >= 11 is 7.21. The Kier molecular flexibility index (Phi) is 14.8. The predicted molar refractivity (Wildman–Crippen MR) is 61.1 cm³/mol. The van der Waals surface area contributed by atoms with Crippen molar-refractivity contribution in [2.75, 3.05) is 6.54 Å². The van der Waals surface area contributed by atoms with Crippen LogP contribution in [0, 0.1) is 0 Å². The third-order valence-electron chi connectivity index (χ3n) is 0.167. The summed E-state index contributed by atoms with van der Waals surface area (Å²) in [7, 11) is 0. The van der Waals surface area contributed by atoms with Crippen LogP contribution in [0.1, 0.15) is 0 Å². The van der Waals surface area contributed by atoms with Crippen LogP contribution in [-0.4, -0.2) is 35.9 Å². The molecule has 0 amide bonds. The van der Waals surface area contributed by atoms with Gasteiger partial charge in [-0.15, -0.1) is 6.58 Å². The fraction of sp³-hybridized carbons (Fsp3) is 0.333. The molecule has 0 aliphatic heterocycles. The molecule has 8 N–H and O–H groups in total. The first-order valence-corrected chi connectivity index (χ1v) is 8.11. The Morgan fingerprint density at radius 1 is 1.00 bits per heavy atom. The Hall–Kier alpha value is 0.760. The lowest BCUT2D eigenvalue weighted by Gasteiger charge is -1.88. The van der Waals surface area contributed by atoms with E-state index in [-0.39, 0.29) is 0 Å². The summed E-state index contributed by atoms with van der Waals surface area (Å²) in [6, 6.07) is 0. The molecule has 0 fully saturated rings. The number of nitrogens with two attached hydrogens (primary N) is 1. The highest BCUT2D eigenvalue weighted by molar-refractivity contribution is 8.06. The van der Waals surface area contributed by atoms with E-state index in [1.165, 1.54) is 0 Å². The molecular weight excluding hydrogens is 272 g/mol. The van der Waals surface area contributed by atoms with Crippen LogP contribution < -0.4 is 5.73 Å². The summed E-state index contributed by atoms with van der Waals surface area (Å²) in [6.07, 6.45) is 1.65. The molecule has 0 aromatic rings. The molecule has 0 bridgehead atoms. The molecule has 0 aliphatic rings. The van der Waals surface area contributed by atoms with Crippen LogP contribution in [0.2, 0.25) is 0 Å². The van der Waals surface area contributed by atoms with Gasteiger partial charge in [-0.25, -0.2) is 0 Å². The summed E-state index contributed by atoms with van der Waals surface area (Å²) in [5, 5.41) is 0. The Morgan fingerprint density at radius 2 is 1.07 bits per heavy atom. The van der Waals surface area contributed by atoms with Crippen molar-refractivity contribution in [2.24, 2.45) is 5.73 Å². The number of hydrogen-bond donors (Lipinski definition) is 7. The van der Waals surface area contributed by atoms with Crippen molar-refractivity contribution < 1.29 is 29.4 Å². The van der Waals surface area contributed by atoms with E-state index in [4.69, 9.17) is 35.1 Å². The van der Waals surface area contributed by atoms with Gasteiger partial charge in [0.25, 0.3) is 0 Å². The van der Waals surface area contributed by atoms with Gasteiger partial charge in [0.1, 0.15) is 0 Å². The van der Waals surface area contributed by atoms with Crippen molar-refractivity contribution in [1.29, 1.82) is 0 Å². The third kappa shape index (κ3) is 570. The minimum atomic E-state index is -3.81. The minimum Gasteiger partial charge on any atom is -0.327 e. The quantitative estimate of drug-likeness (QED) is 0.226. The van der Waals surface area contributed by atoms with Crippen LogP contribution in [0.5, 0.6) is 0 Å². The average Bonchev–Trinajstić information content (AvgIpc) is 1.79. The summed E-state index contributed by atoms with van der Waals surface area (Å²) in [6.45, 7) is -3.67. The second-order valence-corrected chi connectivity index (χ2v) is 6.54. The predicted octanol–water partition coefficient (Wildman–Crippen LogP) is -1.49. The Bertz CT molecular complexity index is 187. The fourth-order valence-corrected chi connectivity index (χ4v) is 0. The Labute approximate surface area is 91.7 Å². The molecule has 0 saturated carbocycles. The Balaban J connectivity index is -0.000000131. The Morgan fingerprint density at radius 3 is 1.07 bits per heavy atom. The second-order valence-electron chi connectivity index (χ2n) is 1.55. The molecule has 0 radical (unpaired) electrons. The highest BCUT2D eigenvalue weighted by Gasteiger charge is 1.92. The molecule has 0 unspecified atom stereocenters. The van der Waals surface area contributed by atoms with Crippen LogP contribution in [0.3, 0.4) is 0 Å². The SMILES string of the molecule is C=CCN.OP(O)(O)=S.OP(O)(O)=S. The second kappa shape index (κ2) is 10.3. The zero-order valence-corrected chi connectivity index (χ0v) is 10.4. The van der Waals surface area contributed by atoms with Crippen LogP contribution in [0.15, 0.2) is 12.7 Å². The first kappa shape index (κ1) is 20.2. The smallest absolute Gasteiger partial charge is 0.319 e. The first-order chi connectivity index (χ1) is 5.91. The van der Waals surface area contributed by atoms with Crippen molar-refractivity contribution >= 4 is 37.1 Å².